The fraction of sp³-hybridized carbons (Fsp3) is 0.733. The van der Waals surface area contributed by atoms with Crippen molar-refractivity contribution >= 4 is 23.8 Å². The van der Waals surface area contributed by atoms with Gasteiger partial charge in [-0.2, -0.15) is 0 Å². The molecule has 0 aromatic carbocycles. The lowest BCUT2D eigenvalue weighted by Crippen LogP contribution is -2.66. The maximum atomic E-state index is 11.8. The van der Waals surface area contributed by atoms with Crippen LogP contribution in [0, 0.1) is 0 Å². The fourth-order valence-corrected chi connectivity index (χ4v) is 1.92. The minimum absolute atomic E-state index is 0.820. The third-order valence-corrected chi connectivity index (χ3v) is 2.67. The van der Waals surface area contributed by atoms with E-state index in [1.165, 1.54) is 0 Å². The second-order valence-corrected chi connectivity index (χ2v) is 4.79. The van der Waals surface area contributed by atoms with Gasteiger partial charge in [0.1, 0.15) is 18.7 Å². The minimum atomic E-state index is -3.20. The molecule has 0 unspecified atom stereocenters. The van der Waals surface area contributed by atoms with Gasteiger partial charge in [-0.15, -0.1) is 0 Å². The van der Waals surface area contributed by atoms with E-state index in [2.05, 4.69) is 10.1 Å². The molecule has 0 spiro atoms. The smallest absolute Gasteiger partial charge is 0.303 e. The molecule has 0 radical (unpaired) electrons. The molecule has 25 heavy (non-hydrogen) atoms. The molecular weight excluding hydrogens is 338 g/mol. The highest BCUT2D eigenvalue weighted by molar-refractivity contribution is 5.73. The van der Waals surface area contributed by atoms with E-state index in [0.717, 1.165) is 27.9 Å². The highest BCUT2D eigenvalue weighted by Gasteiger charge is 2.50. The molecule has 1 rings (SSSR count). The Bertz CT molecular complexity index is 708. The normalized spacial score (nSPS) is 37.9. The van der Waals surface area contributed by atoms with Crippen LogP contribution in [-0.2, 0) is 42.9 Å². The Labute approximate surface area is 152 Å². The number of hydrogen-bond acceptors (Lipinski definition) is 9. The van der Waals surface area contributed by atoms with Gasteiger partial charge in [-0.25, -0.2) is 0 Å². The van der Waals surface area contributed by atoms with Gasteiger partial charge in [0.25, 0.3) is 0 Å². The second kappa shape index (κ2) is 9.33. The summed E-state index contributed by atoms with van der Waals surface area (Å²) in [5.74, 6) is -4.46. The number of amides is 1. The van der Waals surface area contributed by atoms with Crippen LogP contribution < -0.4 is 5.32 Å². The number of nitrogens with one attached hydrogen (secondary N) is 1. The van der Waals surface area contributed by atoms with Crippen LogP contribution in [0.1, 0.15) is 34.5 Å². The first-order valence-electron chi connectivity index (χ1n) is 9.71. The summed E-state index contributed by atoms with van der Waals surface area (Å²) in [5, 5.41) is 2.12. The zero-order valence-electron chi connectivity index (χ0n) is 19.1. The van der Waals surface area contributed by atoms with Gasteiger partial charge in [0.05, 0.1) is 5.48 Å². The van der Waals surface area contributed by atoms with Crippen LogP contribution in [0.5, 0.6) is 0 Å². The first-order chi connectivity index (χ1) is 13.6. The first-order valence-corrected chi connectivity index (χ1v) is 7.00. The highest BCUT2D eigenvalue weighted by atomic mass is 16.7. The standard InChI is InChI=1S/C15H23NO9/c1-7(17)16-12-14(24-10(4)20)13(23-9(3)19)11(6-22-8(2)18)25-15(12)21-5/h11-15H,6H2,1-5H3,(H,16,17)/t11-,12-,13-,14-,15-/m1/s1/i1D,6D2,13D,14D. The van der Waals surface area contributed by atoms with E-state index < -0.39 is 67.9 Å². The molecule has 0 aliphatic carbocycles. The summed E-state index contributed by atoms with van der Waals surface area (Å²) < 4.78 is 65.2. The van der Waals surface area contributed by atoms with Crippen LogP contribution in [0.4, 0.5) is 0 Å². The van der Waals surface area contributed by atoms with Gasteiger partial charge < -0.3 is 29.0 Å². The molecule has 5 atom stereocenters. The lowest BCUT2D eigenvalue weighted by Gasteiger charge is -2.44. The first kappa shape index (κ1) is 14.0. The Hall–Kier alpha value is -2.20. The van der Waals surface area contributed by atoms with Crippen LogP contribution in [0.2, 0.25) is 0 Å². The average molecular weight is 366 g/mol. The number of rotatable bonds is 6. The molecule has 0 saturated carbocycles. The van der Waals surface area contributed by atoms with Crippen molar-refractivity contribution in [2.24, 2.45) is 0 Å². The van der Waals surface area contributed by atoms with Crippen LogP contribution in [0.15, 0.2) is 0 Å². The van der Waals surface area contributed by atoms with E-state index in [9.17, 15) is 19.2 Å². The number of hydrogen-bond donors (Lipinski definition) is 1. The van der Waals surface area contributed by atoms with Crippen molar-refractivity contribution in [1.82, 2.24) is 5.32 Å². The molecule has 1 aliphatic heterocycles. The van der Waals surface area contributed by atoms with Gasteiger partial charge in [0.15, 0.2) is 18.5 Å². The summed E-state index contributed by atoms with van der Waals surface area (Å²) in [7, 11) is 1.04. The monoisotopic (exact) mass is 366 g/mol. The van der Waals surface area contributed by atoms with Gasteiger partial charge in [-0.3, -0.25) is 19.2 Å². The van der Waals surface area contributed by atoms with Crippen LogP contribution in [0.3, 0.4) is 0 Å². The Kier molecular flexibility index (Phi) is 5.23. The Balaban J connectivity index is 3.75. The van der Waals surface area contributed by atoms with Gasteiger partial charge in [-0.05, 0) is 0 Å². The van der Waals surface area contributed by atoms with Gasteiger partial charge in [-0.1, -0.05) is 0 Å². The van der Waals surface area contributed by atoms with Crippen molar-refractivity contribution in [1.29, 1.82) is 0 Å². The number of carbonyl (C=O) groups excluding carboxylic acids is 4. The molecule has 1 heterocycles. The molecule has 1 aliphatic rings. The maximum absolute atomic E-state index is 11.8. The molecule has 1 saturated heterocycles. The zero-order valence-corrected chi connectivity index (χ0v) is 14.1. The Morgan fingerprint density at radius 1 is 1.12 bits per heavy atom. The lowest BCUT2D eigenvalue weighted by molar-refractivity contribution is -0.271. The Morgan fingerprint density at radius 2 is 1.72 bits per heavy atom. The number of ether oxygens (including phenoxy) is 5. The zero-order chi connectivity index (χ0) is 23.5. The third kappa shape index (κ3) is 6.31. The summed E-state index contributed by atoms with van der Waals surface area (Å²) in [6, 6.07) is -1.84. The lowest BCUT2D eigenvalue weighted by atomic mass is 9.96. The van der Waals surface area contributed by atoms with Crippen LogP contribution in [0.25, 0.3) is 0 Å². The third-order valence-electron chi connectivity index (χ3n) is 2.67. The van der Waals surface area contributed by atoms with E-state index >= 15 is 0 Å². The molecule has 1 N–H and O–H groups in total. The van der Waals surface area contributed by atoms with E-state index in [-0.39, 0.29) is 0 Å². The van der Waals surface area contributed by atoms with E-state index in [1.807, 2.05) is 0 Å². The van der Waals surface area contributed by atoms with Crippen molar-refractivity contribution in [2.75, 3.05) is 13.7 Å². The van der Waals surface area contributed by atoms with Crippen molar-refractivity contribution < 1.29 is 49.7 Å². The minimum Gasteiger partial charge on any atom is -0.463 e. The van der Waals surface area contributed by atoms with E-state index in [0.29, 0.717) is 0 Å². The van der Waals surface area contributed by atoms with Crippen LogP contribution >= 0.6 is 0 Å². The van der Waals surface area contributed by atoms with Crippen molar-refractivity contribution in [3.8, 4) is 0 Å². The summed E-state index contributed by atoms with van der Waals surface area (Å²) in [4.78, 5) is 46.6. The quantitative estimate of drug-likeness (QED) is 0.479. The molecule has 0 aromatic heterocycles. The number of carbonyl (C=O) groups is 4. The molecule has 1 amide bonds. The summed E-state index contributed by atoms with van der Waals surface area (Å²) in [5.41, 5.74) is 0. The van der Waals surface area contributed by atoms with Crippen LogP contribution in [-0.4, -0.2) is 68.1 Å². The van der Waals surface area contributed by atoms with Crippen molar-refractivity contribution in [2.45, 2.75) is 58.3 Å². The Morgan fingerprint density at radius 3 is 2.20 bits per heavy atom. The topological polar surface area (TPSA) is 126 Å². The summed E-state index contributed by atoms with van der Waals surface area (Å²) in [6.45, 7) is -1.43. The maximum Gasteiger partial charge on any atom is 0.303 e. The summed E-state index contributed by atoms with van der Waals surface area (Å²) in [6.07, 6.45) is -10.3. The molecule has 0 aromatic rings. The number of esters is 3. The fourth-order valence-electron chi connectivity index (χ4n) is 1.92. The molecule has 10 nitrogen and oxygen atoms in total. The average Bonchev–Trinajstić information content (AvgIpc) is 2.56. The van der Waals surface area contributed by atoms with Crippen molar-refractivity contribution in [3.63, 3.8) is 0 Å². The molecular formula is C15H23NO9. The molecule has 0 bridgehead atoms. The molecule has 142 valence electrons. The van der Waals surface area contributed by atoms with E-state index in [4.69, 9.17) is 25.8 Å². The van der Waals surface area contributed by atoms with Gasteiger partial charge >= 0.3 is 17.9 Å². The SMILES string of the molecule is [2H]CC(=O)N[C@H]1[C@H](OC)O[C@H](C([2H])([2H])OC(C)=O)[C@@]([2H])(OC(C)=O)[C@]1([2H])OC(C)=O. The largest absolute Gasteiger partial charge is 0.463 e. The molecule has 10 heteroatoms. The predicted octanol–water partition coefficient (Wildman–Crippen LogP) is -0.711. The number of methoxy groups -OCH3 is 1. The molecule has 1 fully saturated rings. The summed E-state index contributed by atoms with van der Waals surface area (Å²) >= 11 is 0. The van der Waals surface area contributed by atoms with Gasteiger partial charge in [0.2, 0.25) is 5.91 Å². The predicted molar refractivity (Wildman–Crippen MR) is 81.0 cm³/mol. The second-order valence-electron chi connectivity index (χ2n) is 4.79. The van der Waals surface area contributed by atoms with E-state index in [1.54, 1.807) is 0 Å². The van der Waals surface area contributed by atoms with Crippen molar-refractivity contribution in [3.05, 3.63) is 0 Å². The van der Waals surface area contributed by atoms with Gasteiger partial charge in [0, 0.05) is 36.2 Å². The highest BCUT2D eigenvalue weighted by Crippen LogP contribution is 2.27.